The van der Waals surface area contributed by atoms with Crippen molar-refractivity contribution in [3.63, 3.8) is 0 Å². The van der Waals surface area contributed by atoms with Crippen molar-refractivity contribution < 1.29 is 9.34 Å². The molecular formula is C19H12N4O3. The van der Waals surface area contributed by atoms with Gasteiger partial charge in [-0.15, -0.1) is 0 Å². The van der Waals surface area contributed by atoms with Gasteiger partial charge in [0.05, 0.1) is 28.8 Å². The molecular weight excluding hydrogens is 332 g/mol. The van der Waals surface area contributed by atoms with E-state index in [1.165, 1.54) is 6.07 Å². The number of nitrogens with zero attached hydrogens (tertiary/aromatic N) is 4. The summed E-state index contributed by atoms with van der Waals surface area (Å²) < 4.78 is 5.35. The Balaban J connectivity index is 1.89. The van der Waals surface area contributed by atoms with E-state index in [9.17, 15) is 10.1 Å². The summed E-state index contributed by atoms with van der Waals surface area (Å²) in [4.78, 5) is 23.6. The maximum absolute atomic E-state index is 10.9. The number of nitro groups is 1. The smallest absolute Gasteiger partial charge is 0.401 e. The van der Waals surface area contributed by atoms with Crippen molar-refractivity contribution in [3.05, 3.63) is 83.2 Å². The van der Waals surface area contributed by atoms with E-state index in [-0.39, 0.29) is 5.88 Å². The van der Waals surface area contributed by atoms with Crippen LogP contribution in [0, 0.1) is 10.1 Å². The zero-order valence-corrected chi connectivity index (χ0v) is 13.4. The van der Waals surface area contributed by atoms with Gasteiger partial charge in [-0.25, -0.2) is 4.98 Å². The summed E-state index contributed by atoms with van der Waals surface area (Å²) in [5.74, 6) is 0.0732. The van der Waals surface area contributed by atoms with E-state index in [0.717, 1.165) is 0 Å². The van der Waals surface area contributed by atoms with E-state index in [0.29, 0.717) is 34.1 Å². The molecule has 0 N–H and O–H groups in total. The molecule has 0 atom stereocenters. The number of rotatable bonds is 4. The lowest BCUT2D eigenvalue weighted by molar-refractivity contribution is -0.401. The molecule has 0 amide bonds. The maximum atomic E-state index is 10.9. The molecule has 0 saturated carbocycles. The van der Waals surface area contributed by atoms with Gasteiger partial charge in [0, 0.05) is 18.0 Å². The number of hydrogen-bond acceptors (Lipinski definition) is 6. The van der Waals surface area contributed by atoms with Crippen LogP contribution in [-0.2, 0) is 0 Å². The molecule has 0 aliphatic rings. The van der Waals surface area contributed by atoms with Crippen molar-refractivity contribution >= 4 is 5.88 Å². The SMILES string of the molecule is O=[N+]([O-])c1ccc(-c2cc(-c3ccccn3)nc(-c3ccccn3)c2)o1. The van der Waals surface area contributed by atoms with Gasteiger partial charge in [0.2, 0.25) is 0 Å². The third-order valence-electron chi connectivity index (χ3n) is 3.74. The van der Waals surface area contributed by atoms with Gasteiger partial charge in [-0.3, -0.25) is 20.1 Å². The van der Waals surface area contributed by atoms with Crippen LogP contribution in [0.25, 0.3) is 34.1 Å². The molecule has 7 nitrogen and oxygen atoms in total. The highest BCUT2D eigenvalue weighted by molar-refractivity contribution is 5.72. The first-order valence-corrected chi connectivity index (χ1v) is 7.80. The number of hydrogen-bond donors (Lipinski definition) is 0. The molecule has 0 aliphatic carbocycles. The van der Waals surface area contributed by atoms with Crippen molar-refractivity contribution in [1.82, 2.24) is 15.0 Å². The number of furan rings is 1. The molecule has 7 heteroatoms. The molecule has 26 heavy (non-hydrogen) atoms. The lowest BCUT2D eigenvalue weighted by Gasteiger charge is -2.07. The van der Waals surface area contributed by atoms with Crippen molar-refractivity contribution in [3.8, 4) is 34.1 Å². The molecule has 4 aromatic heterocycles. The van der Waals surface area contributed by atoms with Gasteiger partial charge < -0.3 is 4.42 Å². The minimum Gasteiger partial charge on any atom is -0.401 e. The largest absolute Gasteiger partial charge is 0.433 e. The molecule has 4 aromatic rings. The summed E-state index contributed by atoms with van der Waals surface area (Å²) in [5.41, 5.74) is 3.29. The van der Waals surface area contributed by atoms with Crippen LogP contribution >= 0.6 is 0 Å². The molecule has 0 bridgehead atoms. The Kier molecular flexibility index (Phi) is 3.95. The molecule has 0 unspecified atom stereocenters. The molecule has 126 valence electrons. The van der Waals surface area contributed by atoms with Gasteiger partial charge in [0.15, 0.2) is 0 Å². The summed E-state index contributed by atoms with van der Waals surface area (Å²) in [6.07, 6.45) is 3.36. The zero-order chi connectivity index (χ0) is 17.9. The van der Waals surface area contributed by atoms with E-state index >= 15 is 0 Å². The quantitative estimate of drug-likeness (QED) is 0.403. The van der Waals surface area contributed by atoms with Crippen LogP contribution in [-0.4, -0.2) is 19.9 Å². The highest BCUT2D eigenvalue weighted by Crippen LogP contribution is 2.31. The van der Waals surface area contributed by atoms with E-state index in [2.05, 4.69) is 15.0 Å². The highest BCUT2D eigenvalue weighted by Gasteiger charge is 2.16. The Morgan fingerprint density at radius 3 is 1.88 bits per heavy atom. The van der Waals surface area contributed by atoms with Crippen LogP contribution in [0.1, 0.15) is 0 Å². The summed E-state index contributed by atoms with van der Waals surface area (Å²) >= 11 is 0. The lowest BCUT2D eigenvalue weighted by Crippen LogP contribution is -1.93. The summed E-state index contributed by atoms with van der Waals surface area (Å²) in [5, 5.41) is 10.9. The van der Waals surface area contributed by atoms with Gasteiger partial charge >= 0.3 is 5.88 Å². The third-order valence-corrected chi connectivity index (χ3v) is 3.74. The second kappa shape index (κ2) is 6.56. The predicted octanol–water partition coefficient (Wildman–Crippen LogP) is 4.37. The van der Waals surface area contributed by atoms with Gasteiger partial charge in [-0.1, -0.05) is 12.1 Å². The average Bonchev–Trinajstić information content (AvgIpc) is 3.20. The van der Waals surface area contributed by atoms with Crippen LogP contribution in [0.5, 0.6) is 0 Å². The predicted molar refractivity (Wildman–Crippen MR) is 95.1 cm³/mol. The van der Waals surface area contributed by atoms with Gasteiger partial charge in [-0.05, 0) is 42.5 Å². The van der Waals surface area contributed by atoms with Crippen molar-refractivity contribution in [2.24, 2.45) is 0 Å². The Labute approximate surface area is 148 Å². The maximum Gasteiger partial charge on any atom is 0.433 e. The fourth-order valence-electron chi connectivity index (χ4n) is 2.54. The number of pyridine rings is 3. The summed E-state index contributed by atoms with van der Waals surface area (Å²) in [7, 11) is 0. The summed E-state index contributed by atoms with van der Waals surface area (Å²) in [6.45, 7) is 0. The van der Waals surface area contributed by atoms with Crippen molar-refractivity contribution in [1.29, 1.82) is 0 Å². The molecule has 0 aliphatic heterocycles. The standard InChI is InChI=1S/C19H12N4O3/c24-23(25)19-8-7-18(26-19)13-11-16(14-5-1-3-9-20-14)22-17(12-13)15-6-2-4-10-21-15/h1-12H. The van der Waals surface area contributed by atoms with Crippen molar-refractivity contribution in [2.75, 3.05) is 0 Å². The third kappa shape index (κ3) is 3.05. The Morgan fingerprint density at radius 1 is 0.808 bits per heavy atom. The average molecular weight is 344 g/mol. The minimum atomic E-state index is -0.565. The molecule has 0 saturated heterocycles. The Morgan fingerprint density at radius 2 is 1.42 bits per heavy atom. The fourth-order valence-corrected chi connectivity index (χ4v) is 2.54. The van der Waals surface area contributed by atoms with Crippen molar-refractivity contribution in [2.45, 2.75) is 0 Å². The Hall–Kier alpha value is -3.87. The van der Waals surface area contributed by atoms with Crippen LogP contribution in [0.2, 0.25) is 0 Å². The summed E-state index contributed by atoms with van der Waals surface area (Å²) in [6, 6.07) is 17.6. The molecule has 4 rings (SSSR count). The van der Waals surface area contributed by atoms with E-state index in [1.54, 1.807) is 30.6 Å². The molecule has 0 spiro atoms. The second-order valence-corrected chi connectivity index (χ2v) is 5.45. The van der Waals surface area contributed by atoms with Crippen LogP contribution in [0.15, 0.2) is 77.5 Å². The molecule has 0 fully saturated rings. The molecule has 0 radical (unpaired) electrons. The first-order valence-electron chi connectivity index (χ1n) is 7.80. The molecule has 0 aromatic carbocycles. The highest BCUT2D eigenvalue weighted by atomic mass is 16.6. The second-order valence-electron chi connectivity index (χ2n) is 5.45. The zero-order valence-electron chi connectivity index (χ0n) is 13.4. The topological polar surface area (TPSA) is 95.0 Å². The first-order chi connectivity index (χ1) is 12.7. The van der Waals surface area contributed by atoms with Gasteiger partial charge in [-0.2, -0.15) is 0 Å². The van der Waals surface area contributed by atoms with Crippen LogP contribution in [0.4, 0.5) is 5.88 Å². The van der Waals surface area contributed by atoms with E-state index in [4.69, 9.17) is 4.42 Å². The van der Waals surface area contributed by atoms with Crippen LogP contribution < -0.4 is 0 Å². The van der Waals surface area contributed by atoms with Gasteiger partial charge in [0.25, 0.3) is 0 Å². The Bertz CT molecular complexity index is 1000. The first kappa shape index (κ1) is 15.6. The monoisotopic (exact) mass is 344 g/mol. The van der Waals surface area contributed by atoms with Crippen LogP contribution in [0.3, 0.4) is 0 Å². The van der Waals surface area contributed by atoms with E-state index < -0.39 is 4.92 Å². The van der Waals surface area contributed by atoms with E-state index in [1.807, 2.05) is 36.4 Å². The fraction of sp³-hybridized carbons (Fsp3) is 0. The molecule has 4 heterocycles. The van der Waals surface area contributed by atoms with Gasteiger partial charge in [0.1, 0.15) is 10.7 Å². The lowest BCUT2D eigenvalue weighted by atomic mass is 10.1. The minimum absolute atomic E-state index is 0.310. The normalized spacial score (nSPS) is 10.6. The number of aromatic nitrogens is 3.